The monoisotopic (exact) mass is 412 g/mol. The third-order valence-corrected chi connectivity index (χ3v) is 5.96. The molecule has 2 rings (SSSR count). The van der Waals surface area contributed by atoms with Crippen molar-refractivity contribution in [2.75, 3.05) is 0 Å². The second kappa shape index (κ2) is 7.76. The van der Waals surface area contributed by atoms with E-state index in [0.29, 0.717) is 11.5 Å². The van der Waals surface area contributed by atoms with Gasteiger partial charge in [-0.1, -0.05) is 0 Å². The molecule has 0 spiro atoms. The molecule has 0 fully saturated rings. The molecule has 2 aromatic rings. The van der Waals surface area contributed by atoms with Crippen LogP contribution in [0.3, 0.4) is 0 Å². The van der Waals surface area contributed by atoms with Crippen LogP contribution >= 0.6 is 0 Å². The number of sulfonamides is 2. The second-order valence-corrected chi connectivity index (χ2v) is 8.73. The third-order valence-electron chi connectivity index (χ3n) is 3.06. The van der Waals surface area contributed by atoms with Gasteiger partial charge in [0.05, 0.1) is 9.79 Å². The summed E-state index contributed by atoms with van der Waals surface area (Å²) in [5, 5.41) is 0. The van der Waals surface area contributed by atoms with Crippen LogP contribution in [0.1, 0.15) is 13.8 Å². The van der Waals surface area contributed by atoms with Crippen molar-refractivity contribution < 1.29 is 31.2 Å². The van der Waals surface area contributed by atoms with Gasteiger partial charge in [0, 0.05) is 13.8 Å². The minimum atomic E-state index is -3.94. The first-order valence-electron chi connectivity index (χ1n) is 7.44. The Bertz CT molecular complexity index is 971. The van der Waals surface area contributed by atoms with Gasteiger partial charge >= 0.3 is 0 Å². The Morgan fingerprint density at radius 1 is 0.667 bits per heavy atom. The highest BCUT2D eigenvalue weighted by atomic mass is 32.2. The lowest BCUT2D eigenvalue weighted by molar-refractivity contribution is -0.118. The highest BCUT2D eigenvalue weighted by molar-refractivity contribution is 7.90. The van der Waals surface area contributed by atoms with E-state index in [1.807, 2.05) is 9.44 Å². The summed E-state index contributed by atoms with van der Waals surface area (Å²) in [5.41, 5.74) is 0. The fraction of sp³-hybridized carbons (Fsp3) is 0.125. The van der Waals surface area contributed by atoms with Crippen LogP contribution in [0, 0.1) is 0 Å². The number of hydrogen-bond acceptors (Lipinski definition) is 7. The summed E-state index contributed by atoms with van der Waals surface area (Å²) in [7, 11) is -7.87. The normalized spacial score (nSPS) is 11.5. The topological polar surface area (TPSA) is 136 Å². The van der Waals surface area contributed by atoms with Gasteiger partial charge in [0.1, 0.15) is 11.5 Å². The summed E-state index contributed by atoms with van der Waals surface area (Å²) in [6.45, 7) is 2.18. The fourth-order valence-electron chi connectivity index (χ4n) is 2.01. The maximum Gasteiger partial charge on any atom is 0.264 e. The molecule has 0 heterocycles. The summed E-state index contributed by atoms with van der Waals surface area (Å²) in [6.07, 6.45) is 0. The highest BCUT2D eigenvalue weighted by Crippen LogP contribution is 2.24. The second-order valence-electron chi connectivity index (χ2n) is 5.37. The van der Waals surface area contributed by atoms with Gasteiger partial charge in [0.15, 0.2) is 0 Å². The lowest BCUT2D eigenvalue weighted by Crippen LogP contribution is -2.28. The largest absolute Gasteiger partial charge is 0.457 e. The van der Waals surface area contributed by atoms with Gasteiger partial charge < -0.3 is 4.74 Å². The zero-order valence-corrected chi connectivity index (χ0v) is 15.9. The zero-order valence-electron chi connectivity index (χ0n) is 14.3. The SMILES string of the molecule is CC(=O)NS(=O)(=O)c1ccc(Oc2ccc(S(=O)(=O)NC(C)=O)cc2)cc1. The number of ether oxygens (including phenoxy) is 1. The average molecular weight is 412 g/mol. The van der Waals surface area contributed by atoms with Gasteiger partial charge in [0.2, 0.25) is 11.8 Å². The molecule has 0 aliphatic heterocycles. The number of carbonyl (C=O) groups excluding carboxylic acids is 2. The summed E-state index contributed by atoms with van der Waals surface area (Å²) in [4.78, 5) is 21.6. The Morgan fingerprint density at radius 2 is 0.963 bits per heavy atom. The van der Waals surface area contributed by atoms with Gasteiger partial charge in [0.25, 0.3) is 20.0 Å². The molecule has 0 aliphatic carbocycles. The molecule has 9 nitrogen and oxygen atoms in total. The van der Waals surface area contributed by atoms with E-state index in [4.69, 9.17) is 4.74 Å². The molecule has 27 heavy (non-hydrogen) atoms. The summed E-state index contributed by atoms with van der Waals surface area (Å²) < 4.78 is 56.6. The smallest absolute Gasteiger partial charge is 0.264 e. The van der Waals surface area contributed by atoms with Crippen LogP contribution in [0.15, 0.2) is 58.3 Å². The van der Waals surface area contributed by atoms with Gasteiger partial charge in [-0.15, -0.1) is 0 Å². The number of nitrogens with one attached hydrogen (secondary N) is 2. The molecule has 2 amide bonds. The molecule has 0 saturated heterocycles. The summed E-state index contributed by atoms with van der Waals surface area (Å²) >= 11 is 0. The van der Waals surface area contributed by atoms with Crippen LogP contribution in [0.2, 0.25) is 0 Å². The number of rotatable bonds is 6. The lowest BCUT2D eigenvalue weighted by Gasteiger charge is -2.09. The first kappa shape index (κ1) is 20.4. The molecule has 0 aromatic heterocycles. The van der Waals surface area contributed by atoms with E-state index in [1.54, 1.807) is 0 Å². The Kier molecular flexibility index (Phi) is 5.86. The fourth-order valence-corrected chi connectivity index (χ4v) is 3.99. The van der Waals surface area contributed by atoms with Crippen LogP contribution in [0.25, 0.3) is 0 Å². The van der Waals surface area contributed by atoms with E-state index >= 15 is 0 Å². The maximum atomic E-state index is 11.9. The quantitative estimate of drug-likeness (QED) is 0.726. The third kappa shape index (κ3) is 5.53. The highest BCUT2D eigenvalue weighted by Gasteiger charge is 2.16. The van der Waals surface area contributed by atoms with Crippen molar-refractivity contribution >= 4 is 31.9 Å². The molecule has 0 radical (unpaired) electrons. The molecule has 0 unspecified atom stereocenters. The summed E-state index contributed by atoms with van der Waals surface area (Å²) in [6, 6.07) is 10.6. The Morgan fingerprint density at radius 3 is 1.22 bits per heavy atom. The first-order valence-corrected chi connectivity index (χ1v) is 10.4. The molecule has 0 saturated carbocycles. The number of carbonyl (C=O) groups is 2. The molecule has 2 N–H and O–H groups in total. The number of amides is 2. The van der Waals surface area contributed by atoms with Crippen molar-refractivity contribution in [1.82, 2.24) is 9.44 Å². The van der Waals surface area contributed by atoms with Crippen molar-refractivity contribution in [3.05, 3.63) is 48.5 Å². The molecule has 11 heteroatoms. The molecule has 0 atom stereocenters. The first-order chi connectivity index (χ1) is 12.5. The lowest BCUT2D eigenvalue weighted by atomic mass is 10.3. The van der Waals surface area contributed by atoms with E-state index in [-0.39, 0.29) is 9.79 Å². The average Bonchev–Trinajstić information content (AvgIpc) is 2.53. The van der Waals surface area contributed by atoms with Crippen molar-refractivity contribution in [3.8, 4) is 11.5 Å². The van der Waals surface area contributed by atoms with Crippen molar-refractivity contribution in [1.29, 1.82) is 0 Å². The van der Waals surface area contributed by atoms with E-state index in [0.717, 1.165) is 13.8 Å². The number of hydrogen-bond donors (Lipinski definition) is 2. The molecule has 0 bridgehead atoms. The van der Waals surface area contributed by atoms with Crippen LogP contribution in [-0.2, 0) is 29.6 Å². The molecular weight excluding hydrogens is 396 g/mol. The predicted octanol–water partition coefficient (Wildman–Crippen LogP) is 1.13. The van der Waals surface area contributed by atoms with Crippen LogP contribution in [0.4, 0.5) is 0 Å². The Hall–Kier alpha value is -2.92. The van der Waals surface area contributed by atoms with E-state index in [1.165, 1.54) is 48.5 Å². The Labute approximate surface area is 156 Å². The zero-order chi connectivity index (χ0) is 20.2. The van der Waals surface area contributed by atoms with Crippen molar-refractivity contribution in [2.24, 2.45) is 0 Å². The minimum Gasteiger partial charge on any atom is -0.457 e. The molecule has 0 aliphatic rings. The van der Waals surface area contributed by atoms with E-state index < -0.39 is 31.9 Å². The van der Waals surface area contributed by atoms with E-state index in [9.17, 15) is 26.4 Å². The molecular formula is C16H16N2O7S2. The maximum absolute atomic E-state index is 11.9. The standard InChI is InChI=1S/C16H16N2O7S2/c1-11(19)17-26(21,22)15-7-3-13(4-8-15)25-14-5-9-16(10-6-14)27(23,24)18-12(2)20/h3-10H,1-2H3,(H,17,19)(H,18,20). The van der Waals surface area contributed by atoms with Crippen LogP contribution < -0.4 is 14.2 Å². The molecule has 2 aromatic carbocycles. The van der Waals surface area contributed by atoms with Crippen LogP contribution in [0.5, 0.6) is 11.5 Å². The van der Waals surface area contributed by atoms with Crippen molar-refractivity contribution in [2.45, 2.75) is 23.6 Å². The Balaban J connectivity index is 2.14. The minimum absolute atomic E-state index is 0.109. The van der Waals surface area contributed by atoms with Crippen molar-refractivity contribution in [3.63, 3.8) is 0 Å². The van der Waals surface area contributed by atoms with E-state index in [2.05, 4.69) is 0 Å². The van der Waals surface area contributed by atoms with Gasteiger partial charge in [-0.2, -0.15) is 0 Å². The molecule has 144 valence electrons. The van der Waals surface area contributed by atoms with Gasteiger partial charge in [-0.25, -0.2) is 26.3 Å². The van der Waals surface area contributed by atoms with Crippen LogP contribution in [-0.4, -0.2) is 28.6 Å². The van der Waals surface area contributed by atoms with Gasteiger partial charge in [-0.3, -0.25) is 9.59 Å². The number of benzene rings is 2. The van der Waals surface area contributed by atoms with Gasteiger partial charge in [-0.05, 0) is 48.5 Å². The predicted molar refractivity (Wildman–Crippen MR) is 95.0 cm³/mol. The summed E-state index contributed by atoms with van der Waals surface area (Å²) in [5.74, 6) is -0.808.